The minimum atomic E-state index is -0.0637. The van der Waals surface area contributed by atoms with Crippen molar-refractivity contribution in [2.75, 3.05) is 12.4 Å². The molecule has 2 aliphatic rings. The Labute approximate surface area is 126 Å². The van der Waals surface area contributed by atoms with Gasteiger partial charge in [0, 0.05) is 18.1 Å². The van der Waals surface area contributed by atoms with E-state index in [1.807, 2.05) is 0 Å². The van der Waals surface area contributed by atoms with Crippen LogP contribution >= 0.6 is 22.6 Å². The smallest absolute Gasteiger partial charge is 0.266 e. The molecule has 2 unspecified atom stereocenters. The van der Waals surface area contributed by atoms with Crippen LogP contribution in [0.5, 0.6) is 0 Å². The largest absolute Gasteiger partial charge is 0.366 e. The molecule has 0 aromatic carbocycles. The highest BCUT2D eigenvalue weighted by molar-refractivity contribution is 14.1. The third kappa shape index (κ3) is 2.65. The van der Waals surface area contributed by atoms with E-state index in [0.29, 0.717) is 21.7 Å². The van der Waals surface area contributed by atoms with Crippen molar-refractivity contribution in [2.45, 2.75) is 50.2 Å². The van der Waals surface area contributed by atoms with E-state index in [2.05, 4.69) is 49.8 Å². The molecule has 0 saturated carbocycles. The molecule has 2 fully saturated rings. The molecule has 2 N–H and O–H groups in total. The molecule has 2 atom stereocenters. The third-order valence-corrected chi connectivity index (χ3v) is 5.48. The van der Waals surface area contributed by atoms with Gasteiger partial charge in [-0.1, -0.05) is 6.42 Å². The van der Waals surface area contributed by atoms with E-state index in [0.717, 1.165) is 18.7 Å². The Kier molecular flexibility index (Phi) is 3.79. The van der Waals surface area contributed by atoms with Crippen LogP contribution in [0.2, 0.25) is 0 Å². The van der Waals surface area contributed by atoms with Gasteiger partial charge < -0.3 is 15.2 Å². The van der Waals surface area contributed by atoms with Gasteiger partial charge in [-0.2, -0.15) is 0 Å². The van der Waals surface area contributed by atoms with Gasteiger partial charge in [-0.05, 0) is 55.3 Å². The van der Waals surface area contributed by atoms with Crippen molar-refractivity contribution >= 4 is 28.4 Å². The molecule has 0 aliphatic carbocycles. The summed E-state index contributed by atoms with van der Waals surface area (Å²) in [5.74, 6) is 0.733. The van der Waals surface area contributed by atoms with Gasteiger partial charge in [0.2, 0.25) is 0 Å². The van der Waals surface area contributed by atoms with Crippen molar-refractivity contribution in [3.8, 4) is 0 Å². The predicted molar refractivity (Wildman–Crippen MR) is 83.4 cm³/mol. The summed E-state index contributed by atoms with van der Waals surface area (Å²) in [5.41, 5.74) is -0.0637. The quantitative estimate of drug-likeness (QED) is 0.776. The first-order valence-corrected chi connectivity index (χ1v) is 7.94. The first-order valence-electron chi connectivity index (χ1n) is 6.87. The lowest BCUT2D eigenvalue weighted by Gasteiger charge is -2.47. The molecule has 0 radical (unpaired) electrons. The van der Waals surface area contributed by atoms with Crippen LogP contribution in [0.3, 0.4) is 0 Å². The molecule has 2 aliphatic heterocycles. The Morgan fingerprint density at radius 3 is 2.79 bits per heavy atom. The number of aromatic amines is 1. The zero-order valence-corrected chi connectivity index (χ0v) is 13.2. The van der Waals surface area contributed by atoms with Crippen LogP contribution in [0.25, 0.3) is 0 Å². The van der Waals surface area contributed by atoms with Crippen molar-refractivity contribution in [1.29, 1.82) is 0 Å². The van der Waals surface area contributed by atoms with Gasteiger partial charge in [-0.15, -0.1) is 0 Å². The van der Waals surface area contributed by atoms with E-state index in [4.69, 9.17) is 0 Å². The lowest BCUT2D eigenvalue weighted by atomic mass is 9.82. The Morgan fingerprint density at radius 1 is 1.42 bits per heavy atom. The normalized spacial score (nSPS) is 31.2. The molecule has 2 bridgehead atoms. The number of aromatic nitrogens is 2. The summed E-state index contributed by atoms with van der Waals surface area (Å²) in [7, 11) is 2.25. The van der Waals surface area contributed by atoms with Gasteiger partial charge in [0.1, 0.15) is 9.39 Å². The minimum Gasteiger partial charge on any atom is -0.366 e. The van der Waals surface area contributed by atoms with Crippen molar-refractivity contribution in [3.63, 3.8) is 0 Å². The lowest BCUT2D eigenvalue weighted by Crippen LogP contribution is -2.53. The first-order chi connectivity index (χ1) is 9.15. The van der Waals surface area contributed by atoms with E-state index in [9.17, 15) is 4.79 Å². The summed E-state index contributed by atoms with van der Waals surface area (Å²) in [5, 5.41) is 3.47. The number of halogens is 1. The Balaban J connectivity index is 1.74. The zero-order chi connectivity index (χ0) is 13.4. The molecule has 5 nitrogen and oxygen atoms in total. The second kappa shape index (κ2) is 5.40. The summed E-state index contributed by atoms with van der Waals surface area (Å²) in [6, 6.07) is 1.81. The van der Waals surface area contributed by atoms with Gasteiger partial charge in [-0.3, -0.25) is 4.79 Å². The predicted octanol–water partition coefficient (Wildman–Crippen LogP) is 1.80. The number of rotatable bonds is 2. The average Bonchev–Trinajstić information content (AvgIpc) is 2.36. The number of H-pyrrole nitrogens is 1. The second-order valence-electron chi connectivity index (χ2n) is 5.61. The molecule has 0 amide bonds. The average molecular weight is 374 g/mol. The molecular formula is C13H19IN4O. The van der Waals surface area contributed by atoms with Gasteiger partial charge >= 0.3 is 0 Å². The number of hydrogen-bond acceptors (Lipinski definition) is 4. The Hall–Kier alpha value is -0.630. The van der Waals surface area contributed by atoms with Crippen LogP contribution in [0.15, 0.2) is 11.1 Å². The molecule has 2 saturated heterocycles. The summed E-state index contributed by atoms with van der Waals surface area (Å²) in [6.07, 6.45) is 7.72. The molecule has 1 aromatic heterocycles. The fourth-order valence-corrected chi connectivity index (χ4v) is 3.86. The number of nitrogens with one attached hydrogen (secondary N) is 2. The van der Waals surface area contributed by atoms with Crippen LogP contribution in [0.4, 0.5) is 5.82 Å². The third-order valence-electron chi connectivity index (χ3n) is 4.48. The van der Waals surface area contributed by atoms with Gasteiger partial charge in [0.15, 0.2) is 0 Å². The van der Waals surface area contributed by atoms with E-state index >= 15 is 0 Å². The zero-order valence-electron chi connectivity index (χ0n) is 11.0. The SMILES string of the molecule is CN1C2CCCC1CC(Nc1nc[nH]c(=O)c1I)C2. The van der Waals surface area contributed by atoms with Gasteiger partial charge in [0.25, 0.3) is 5.56 Å². The first kappa shape index (κ1) is 13.4. The molecule has 3 heterocycles. The van der Waals surface area contributed by atoms with Crippen molar-refractivity contribution in [2.24, 2.45) is 0 Å². The van der Waals surface area contributed by atoms with Crippen molar-refractivity contribution in [1.82, 2.24) is 14.9 Å². The van der Waals surface area contributed by atoms with Crippen LogP contribution in [-0.2, 0) is 0 Å². The van der Waals surface area contributed by atoms with Gasteiger partial charge in [0.05, 0.1) is 6.33 Å². The summed E-state index contributed by atoms with van der Waals surface area (Å²) >= 11 is 2.06. The molecular weight excluding hydrogens is 355 g/mol. The number of piperidine rings is 2. The lowest BCUT2D eigenvalue weighted by molar-refractivity contribution is 0.0607. The molecule has 19 heavy (non-hydrogen) atoms. The maximum Gasteiger partial charge on any atom is 0.266 e. The van der Waals surface area contributed by atoms with E-state index in [-0.39, 0.29) is 5.56 Å². The summed E-state index contributed by atoms with van der Waals surface area (Å²) in [6.45, 7) is 0. The maximum absolute atomic E-state index is 11.6. The summed E-state index contributed by atoms with van der Waals surface area (Å²) in [4.78, 5) is 21.0. The highest BCUT2D eigenvalue weighted by atomic mass is 127. The number of fused-ring (bicyclic) bond motifs is 2. The maximum atomic E-state index is 11.6. The molecule has 104 valence electrons. The Bertz CT molecular complexity index is 504. The van der Waals surface area contributed by atoms with Crippen LogP contribution in [0, 0.1) is 3.57 Å². The molecule has 3 rings (SSSR count). The second-order valence-corrected chi connectivity index (χ2v) is 6.69. The Morgan fingerprint density at radius 2 is 2.11 bits per heavy atom. The molecule has 1 aromatic rings. The van der Waals surface area contributed by atoms with E-state index < -0.39 is 0 Å². The van der Waals surface area contributed by atoms with Crippen LogP contribution < -0.4 is 10.9 Å². The van der Waals surface area contributed by atoms with Crippen LogP contribution in [-0.4, -0.2) is 40.0 Å². The number of hydrogen-bond donors (Lipinski definition) is 2. The monoisotopic (exact) mass is 374 g/mol. The number of anilines is 1. The van der Waals surface area contributed by atoms with Crippen LogP contribution in [0.1, 0.15) is 32.1 Å². The minimum absolute atomic E-state index is 0.0637. The van der Waals surface area contributed by atoms with Gasteiger partial charge in [-0.25, -0.2) is 4.98 Å². The standard InChI is InChI=1S/C13H19IN4O/c1-18-9-3-2-4-10(18)6-8(5-9)17-12-11(14)13(19)16-7-15-12/h7-10H,2-6H2,1H3,(H2,15,16,17,19). The molecule has 0 spiro atoms. The highest BCUT2D eigenvalue weighted by Gasteiger charge is 2.36. The van der Waals surface area contributed by atoms with E-state index in [1.165, 1.54) is 25.6 Å². The summed E-state index contributed by atoms with van der Waals surface area (Å²) < 4.78 is 0.657. The highest BCUT2D eigenvalue weighted by Crippen LogP contribution is 2.33. The topological polar surface area (TPSA) is 61.0 Å². The molecule has 6 heteroatoms. The fraction of sp³-hybridized carbons (Fsp3) is 0.692. The fourth-order valence-electron chi connectivity index (χ4n) is 3.41. The van der Waals surface area contributed by atoms with Crippen molar-refractivity contribution < 1.29 is 0 Å². The number of nitrogens with zero attached hydrogens (tertiary/aromatic N) is 2. The van der Waals surface area contributed by atoms with E-state index in [1.54, 1.807) is 0 Å². The van der Waals surface area contributed by atoms with Crippen molar-refractivity contribution in [3.05, 3.63) is 20.3 Å².